The molecule has 1 aromatic carbocycles. The monoisotopic (exact) mass is 434 g/mol. The highest BCUT2D eigenvalue weighted by atomic mass is 35.5. The van der Waals surface area contributed by atoms with E-state index in [-0.39, 0.29) is 15.7 Å². The summed E-state index contributed by atoms with van der Waals surface area (Å²) in [7, 11) is -2.77. The third-order valence-electron chi connectivity index (χ3n) is 4.24. The number of rotatable bonds is 5. The molecule has 10 heteroatoms. The Labute approximate surface area is 173 Å². The van der Waals surface area contributed by atoms with E-state index >= 15 is 0 Å². The van der Waals surface area contributed by atoms with Crippen molar-refractivity contribution in [2.75, 3.05) is 11.9 Å². The Hall–Kier alpha value is -2.91. The summed E-state index contributed by atoms with van der Waals surface area (Å²) in [6.45, 7) is 5.34. The summed E-state index contributed by atoms with van der Waals surface area (Å²) in [4.78, 5) is 22.7. The fourth-order valence-electron chi connectivity index (χ4n) is 3.20. The molecule has 0 bridgehead atoms. The van der Waals surface area contributed by atoms with Gasteiger partial charge in [0, 0.05) is 17.8 Å². The summed E-state index contributed by atoms with van der Waals surface area (Å²) >= 11 is 5.90. The number of benzene rings is 1. The molecule has 0 amide bonds. The predicted molar refractivity (Wildman–Crippen MR) is 109 cm³/mol. The Morgan fingerprint density at radius 2 is 1.76 bits per heavy atom. The molecular weight excluding hydrogens is 416 g/mol. The van der Waals surface area contributed by atoms with E-state index in [4.69, 9.17) is 16.3 Å². The van der Waals surface area contributed by atoms with Crippen LogP contribution in [0.2, 0.25) is 5.15 Å². The minimum absolute atomic E-state index is 0.0109. The topological polar surface area (TPSA) is 103 Å². The number of nitrogens with one attached hydrogen (secondary N) is 1. The van der Waals surface area contributed by atoms with Crippen LogP contribution in [0.15, 0.2) is 41.7 Å². The van der Waals surface area contributed by atoms with Crippen LogP contribution in [0.1, 0.15) is 27.2 Å². The lowest BCUT2D eigenvalue weighted by Crippen LogP contribution is -2.27. The number of aryl methyl sites for hydroxylation is 3. The third kappa shape index (κ3) is 4.25. The van der Waals surface area contributed by atoms with Crippen molar-refractivity contribution in [3.8, 4) is 11.3 Å². The molecular formula is C19H19ClN4O4S. The molecule has 3 aromatic rings. The zero-order chi connectivity index (χ0) is 21.3. The van der Waals surface area contributed by atoms with Crippen molar-refractivity contribution in [1.29, 1.82) is 0 Å². The van der Waals surface area contributed by atoms with Gasteiger partial charge in [0.1, 0.15) is 17.2 Å². The highest BCUT2D eigenvalue weighted by molar-refractivity contribution is 7.92. The molecule has 0 aliphatic heterocycles. The summed E-state index contributed by atoms with van der Waals surface area (Å²) < 4.78 is 32.1. The number of halogens is 1. The maximum absolute atomic E-state index is 13.1. The highest BCUT2D eigenvalue weighted by Gasteiger charge is 2.24. The average molecular weight is 435 g/mol. The van der Waals surface area contributed by atoms with Gasteiger partial charge >= 0.3 is 5.97 Å². The van der Waals surface area contributed by atoms with Crippen molar-refractivity contribution in [1.82, 2.24) is 14.6 Å². The van der Waals surface area contributed by atoms with E-state index in [1.165, 1.54) is 31.8 Å². The number of hydrogen-bond donors (Lipinski definition) is 1. The maximum Gasteiger partial charge on any atom is 0.356 e. The van der Waals surface area contributed by atoms with Gasteiger partial charge in [0.05, 0.1) is 17.7 Å². The van der Waals surface area contributed by atoms with Crippen molar-refractivity contribution in [2.45, 2.75) is 25.7 Å². The number of methoxy groups -OCH3 is 1. The van der Waals surface area contributed by atoms with E-state index in [9.17, 15) is 13.2 Å². The summed E-state index contributed by atoms with van der Waals surface area (Å²) in [5.41, 5.74) is 3.04. The molecule has 0 aliphatic rings. The van der Waals surface area contributed by atoms with Crippen LogP contribution >= 0.6 is 11.6 Å². The largest absolute Gasteiger partial charge is 0.464 e. The van der Waals surface area contributed by atoms with E-state index in [1.54, 1.807) is 26.0 Å². The minimum Gasteiger partial charge on any atom is -0.464 e. The molecule has 0 fully saturated rings. The van der Waals surface area contributed by atoms with Crippen LogP contribution < -0.4 is 4.83 Å². The Kier molecular flexibility index (Phi) is 5.63. The minimum atomic E-state index is -3.99. The number of hydrogen-bond acceptors (Lipinski definition) is 6. The predicted octanol–water partition coefficient (Wildman–Crippen LogP) is 3.24. The molecule has 2 heterocycles. The van der Waals surface area contributed by atoms with Gasteiger partial charge in [-0.05, 0) is 38.0 Å². The lowest BCUT2D eigenvalue weighted by Gasteiger charge is -2.15. The van der Waals surface area contributed by atoms with Crippen LogP contribution in [0, 0.1) is 20.8 Å². The normalized spacial score (nSPS) is 11.3. The number of aromatic nitrogens is 3. The standard InChI is InChI=1S/C19H19ClN4O4S/c1-11-5-12(2)18(13(3)6-11)29(26,27)23-24-9-14(7-16(24)19(25)28-4)15-8-17(20)22-10-21-15/h5-10,23H,1-4H3. The molecule has 8 nitrogen and oxygen atoms in total. The SMILES string of the molecule is COC(=O)c1cc(-c2cc(Cl)ncn2)cn1NS(=O)(=O)c1c(C)cc(C)cc1C. The number of sulfonamides is 1. The fourth-order valence-corrected chi connectivity index (χ4v) is 4.81. The molecule has 3 rings (SSSR count). The van der Waals surface area contributed by atoms with Gasteiger partial charge in [-0.15, -0.1) is 0 Å². The summed E-state index contributed by atoms with van der Waals surface area (Å²) in [5.74, 6) is -0.712. The Balaban J connectivity index is 2.10. The van der Waals surface area contributed by atoms with Crippen LogP contribution in [0.4, 0.5) is 0 Å². The lowest BCUT2D eigenvalue weighted by atomic mass is 10.1. The van der Waals surface area contributed by atoms with Gasteiger partial charge in [-0.1, -0.05) is 29.3 Å². The fraction of sp³-hybridized carbons (Fsp3) is 0.211. The molecule has 0 aliphatic carbocycles. The number of carbonyl (C=O) groups is 1. The Morgan fingerprint density at radius 1 is 1.10 bits per heavy atom. The lowest BCUT2D eigenvalue weighted by molar-refractivity contribution is 0.0591. The molecule has 29 heavy (non-hydrogen) atoms. The van der Waals surface area contributed by atoms with E-state index < -0.39 is 16.0 Å². The van der Waals surface area contributed by atoms with Gasteiger partial charge in [-0.2, -0.15) is 8.42 Å². The van der Waals surface area contributed by atoms with Gasteiger partial charge in [0.25, 0.3) is 10.0 Å². The Morgan fingerprint density at radius 3 is 2.34 bits per heavy atom. The van der Waals surface area contributed by atoms with E-state index in [2.05, 4.69) is 14.8 Å². The van der Waals surface area contributed by atoms with Crippen LogP contribution in [0.25, 0.3) is 11.3 Å². The van der Waals surface area contributed by atoms with E-state index in [0.29, 0.717) is 22.4 Å². The molecule has 0 saturated heterocycles. The first-order valence-corrected chi connectivity index (χ1v) is 10.4. The van der Waals surface area contributed by atoms with Crippen LogP contribution in [-0.4, -0.2) is 36.1 Å². The second kappa shape index (κ2) is 7.84. The zero-order valence-corrected chi connectivity index (χ0v) is 17.8. The molecule has 0 radical (unpaired) electrons. The highest BCUT2D eigenvalue weighted by Crippen LogP contribution is 2.25. The Bertz CT molecular complexity index is 1180. The van der Waals surface area contributed by atoms with Gasteiger partial charge in [-0.3, -0.25) is 0 Å². The van der Waals surface area contributed by atoms with Crippen molar-refractivity contribution >= 4 is 27.6 Å². The smallest absolute Gasteiger partial charge is 0.356 e. The van der Waals surface area contributed by atoms with Crippen molar-refractivity contribution in [2.24, 2.45) is 0 Å². The second-order valence-corrected chi connectivity index (χ2v) is 8.51. The van der Waals surface area contributed by atoms with Crippen LogP contribution in [0.3, 0.4) is 0 Å². The molecule has 152 valence electrons. The maximum atomic E-state index is 13.1. The summed E-state index contributed by atoms with van der Waals surface area (Å²) in [5, 5.41) is 0.217. The summed E-state index contributed by atoms with van der Waals surface area (Å²) in [6.07, 6.45) is 2.71. The average Bonchev–Trinajstić information content (AvgIpc) is 3.03. The van der Waals surface area contributed by atoms with Gasteiger partial charge in [-0.25, -0.2) is 24.3 Å². The zero-order valence-electron chi connectivity index (χ0n) is 16.2. The molecule has 1 N–H and O–H groups in total. The van der Waals surface area contributed by atoms with Gasteiger partial charge < -0.3 is 4.74 Å². The number of ether oxygens (including phenoxy) is 1. The first kappa shape index (κ1) is 20.8. The van der Waals surface area contributed by atoms with Crippen molar-refractivity contribution in [3.63, 3.8) is 0 Å². The molecule has 0 unspecified atom stereocenters. The number of esters is 1. The van der Waals surface area contributed by atoms with E-state index in [1.807, 2.05) is 6.92 Å². The first-order valence-electron chi connectivity index (χ1n) is 8.51. The quantitative estimate of drug-likeness (QED) is 0.488. The third-order valence-corrected chi connectivity index (χ3v) is 6.06. The second-order valence-electron chi connectivity index (χ2n) is 6.52. The summed E-state index contributed by atoms with van der Waals surface area (Å²) in [6, 6.07) is 6.53. The molecule has 0 spiro atoms. The number of carbonyl (C=O) groups excluding carboxylic acids is 1. The van der Waals surface area contributed by atoms with Crippen LogP contribution in [-0.2, 0) is 14.8 Å². The number of nitrogens with zero attached hydrogens (tertiary/aromatic N) is 3. The van der Waals surface area contributed by atoms with E-state index in [0.717, 1.165) is 10.2 Å². The van der Waals surface area contributed by atoms with Crippen LogP contribution in [0.5, 0.6) is 0 Å². The molecule has 0 atom stereocenters. The van der Waals surface area contributed by atoms with Gasteiger partial charge in [0.2, 0.25) is 0 Å². The molecule has 2 aromatic heterocycles. The first-order chi connectivity index (χ1) is 13.6. The molecule has 0 saturated carbocycles. The van der Waals surface area contributed by atoms with Gasteiger partial charge in [0.15, 0.2) is 0 Å². The van der Waals surface area contributed by atoms with Crippen molar-refractivity contribution < 1.29 is 17.9 Å². The van der Waals surface area contributed by atoms with Crippen molar-refractivity contribution in [3.05, 3.63) is 64.3 Å².